The fourth-order valence-corrected chi connectivity index (χ4v) is 2.66. The minimum absolute atomic E-state index is 0.0698. The number of anilines is 1. The van der Waals surface area contributed by atoms with E-state index in [1.54, 1.807) is 13.0 Å². The first-order chi connectivity index (χ1) is 12.8. The molecule has 1 amide bonds. The average molecular weight is 368 g/mol. The lowest BCUT2D eigenvalue weighted by atomic mass is 10.1. The molecular formula is C19H20N4O4. The van der Waals surface area contributed by atoms with Gasteiger partial charge >= 0.3 is 5.82 Å². The van der Waals surface area contributed by atoms with Crippen molar-refractivity contribution in [2.75, 3.05) is 18.1 Å². The molecule has 0 radical (unpaired) electrons. The van der Waals surface area contributed by atoms with E-state index in [9.17, 15) is 14.9 Å². The van der Waals surface area contributed by atoms with Crippen molar-refractivity contribution in [1.29, 1.82) is 5.26 Å². The maximum atomic E-state index is 12.7. The molecule has 0 fully saturated rings. The maximum Gasteiger partial charge on any atom is 0.406 e. The van der Waals surface area contributed by atoms with Crippen molar-refractivity contribution in [2.45, 2.75) is 27.2 Å². The first-order valence-electron chi connectivity index (χ1n) is 8.32. The molecule has 2 aromatic rings. The molecule has 0 saturated carbocycles. The Balaban J connectivity index is 2.22. The number of aryl methyl sites for hydroxylation is 3. The number of nitrogens with zero attached hydrogens (tertiary/aromatic N) is 4. The van der Waals surface area contributed by atoms with Crippen LogP contribution in [0, 0.1) is 42.2 Å². The highest BCUT2D eigenvalue weighted by Crippen LogP contribution is 2.25. The van der Waals surface area contributed by atoms with Gasteiger partial charge in [0.2, 0.25) is 5.75 Å². The van der Waals surface area contributed by atoms with E-state index in [1.165, 1.54) is 11.0 Å². The Morgan fingerprint density at radius 3 is 2.52 bits per heavy atom. The molecule has 1 aromatic carbocycles. The van der Waals surface area contributed by atoms with Crippen molar-refractivity contribution >= 4 is 17.4 Å². The van der Waals surface area contributed by atoms with Crippen molar-refractivity contribution in [3.05, 3.63) is 57.3 Å². The van der Waals surface area contributed by atoms with Crippen LogP contribution in [0.3, 0.4) is 0 Å². The van der Waals surface area contributed by atoms with Gasteiger partial charge in [0.05, 0.1) is 12.5 Å². The summed E-state index contributed by atoms with van der Waals surface area (Å²) in [5.74, 6) is -0.900. The van der Waals surface area contributed by atoms with Crippen molar-refractivity contribution in [3.63, 3.8) is 0 Å². The van der Waals surface area contributed by atoms with E-state index in [1.807, 2.05) is 38.1 Å². The molecule has 8 nitrogen and oxygen atoms in total. The van der Waals surface area contributed by atoms with Gasteiger partial charge < -0.3 is 19.8 Å². The zero-order valence-electron chi connectivity index (χ0n) is 15.4. The highest BCUT2D eigenvalue weighted by atomic mass is 16.6. The summed E-state index contributed by atoms with van der Waals surface area (Å²) in [5.41, 5.74) is 3.11. The number of amides is 1. The molecule has 0 aliphatic carbocycles. The molecule has 0 bridgehead atoms. The van der Waals surface area contributed by atoms with Crippen LogP contribution in [0.15, 0.2) is 30.3 Å². The highest BCUT2D eigenvalue weighted by molar-refractivity contribution is 5.94. The van der Waals surface area contributed by atoms with Gasteiger partial charge in [-0.1, -0.05) is 6.07 Å². The van der Waals surface area contributed by atoms with Crippen LogP contribution in [-0.4, -0.2) is 29.0 Å². The number of aromatic nitrogens is 1. The third-order valence-electron chi connectivity index (χ3n) is 3.77. The number of nitro groups is 1. The molecule has 0 spiro atoms. The molecule has 2 rings (SSSR count). The number of benzene rings is 1. The zero-order chi connectivity index (χ0) is 20.0. The second-order valence-corrected chi connectivity index (χ2v) is 6.12. The molecular weight excluding hydrogens is 348 g/mol. The van der Waals surface area contributed by atoms with Gasteiger partial charge in [0, 0.05) is 19.2 Å². The quantitative estimate of drug-likeness (QED) is 0.548. The number of pyridine rings is 1. The largest absolute Gasteiger partial charge is 0.476 e. The predicted molar refractivity (Wildman–Crippen MR) is 99.6 cm³/mol. The van der Waals surface area contributed by atoms with Crippen molar-refractivity contribution in [1.82, 2.24) is 4.98 Å². The van der Waals surface area contributed by atoms with Gasteiger partial charge in [0.1, 0.15) is 5.69 Å². The lowest BCUT2D eigenvalue weighted by Gasteiger charge is -2.23. The van der Waals surface area contributed by atoms with E-state index in [0.29, 0.717) is 11.4 Å². The molecule has 0 unspecified atom stereocenters. The number of ether oxygens (including phenoxy) is 1. The van der Waals surface area contributed by atoms with Crippen molar-refractivity contribution in [3.8, 4) is 11.8 Å². The Bertz CT molecular complexity index is 885. The summed E-state index contributed by atoms with van der Waals surface area (Å²) in [4.78, 5) is 28.5. The second kappa shape index (κ2) is 8.76. The highest BCUT2D eigenvalue weighted by Gasteiger charge is 2.21. The van der Waals surface area contributed by atoms with Crippen LogP contribution in [0.1, 0.15) is 23.2 Å². The second-order valence-electron chi connectivity index (χ2n) is 6.12. The van der Waals surface area contributed by atoms with Gasteiger partial charge in [-0.3, -0.25) is 4.79 Å². The van der Waals surface area contributed by atoms with Gasteiger partial charge in [0.25, 0.3) is 5.91 Å². The van der Waals surface area contributed by atoms with Crippen LogP contribution in [0.25, 0.3) is 0 Å². The van der Waals surface area contributed by atoms with Crippen LogP contribution in [-0.2, 0) is 4.79 Å². The van der Waals surface area contributed by atoms with Crippen LogP contribution in [0.5, 0.6) is 5.75 Å². The average Bonchev–Trinajstić information content (AvgIpc) is 2.60. The lowest BCUT2D eigenvalue weighted by Crippen LogP contribution is -2.36. The van der Waals surface area contributed by atoms with Crippen LogP contribution < -0.4 is 9.64 Å². The first-order valence-corrected chi connectivity index (χ1v) is 8.32. The topological polar surface area (TPSA) is 109 Å². The standard InChI is InChI=1S/C19H20N4O4/c1-13-9-14(2)11-16(10-13)22(8-4-7-20)18(24)12-27-17-6-5-15(3)21-19(17)23(25)26/h5-6,9-11H,4,8,12H2,1-3H3. The third-order valence-corrected chi connectivity index (χ3v) is 3.77. The molecule has 140 valence electrons. The molecule has 0 aliphatic rings. The van der Waals surface area contributed by atoms with Crippen molar-refractivity contribution < 1.29 is 14.5 Å². The lowest BCUT2D eigenvalue weighted by molar-refractivity contribution is -0.390. The predicted octanol–water partition coefficient (Wildman–Crippen LogP) is 3.24. The molecule has 27 heavy (non-hydrogen) atoms. The summed E-state index contributed by atoms with van der Waals surface area (Å²) >= 11 is 0. The van der Waals surface area contributed by atoms with Gasteiger partial charge in [-0.25, -0.2) is 0 Å². The minimum Gasteiger partial charge on any atom is -0.476 e. The number of hydrogen-bond donors (Lipinski definition) is 0. The normalized spacial score (nSPS) is 10.1. The third kappa shape index (κ3) is 5.25. The fraction of sp³-hybridized carbons (Fsp3) is 0.316. The molecule has 8 heteroatoms. The fourth-order valence-electron chi connectivity index (χ4n) is 2.66. The molecule has 1 aromatic heterocycles. The maximum absolute atomic E-state index is 12.7. The zero-order valence-corrected chi connectivity index (χ0v) is 15.4. The Hall–Kier alpha value is -3.47. The summed E-state index contributed by atoms with van der Waals surface area (Å²) in [7, 11) is 0. The van der Waals surface area contributed by atoms with Crippen molar-refractivity contribution in [2.24, 2.45) is 0 Å². The monoisotopic (exact) mass is 368 g/mol. The molecule has 0 N–H and O–H groups in total. The summed E-state index contributed by atoms with van der Waals surface area (Å²) in [6, 6.07) is 10.7. The van der Waals surface area contributed by atoms with E-state index in [-0.39, 0.29) is 18.7 Å². The molecule has 0 aliphatic heterocycles. The number of rotatable bonds is 7. The Kier molecular flexibility index (Phi) is 6.44. The molecule has 0 saturated heterocycles. The van der Waals surface area contributed by atoms with Gasteiger partial charge in [0.15, 0.2) is 6.61 Å². The van der Waals surface area contributed by atoms with E-state index in [4.69, 9.17) is 10.00 Å². The minimum atomic E-state index is -0.649. The smallest absolute Gasteiger partial charge is 0.406 e. The van der Waals surface area contributed by atoms with Gasteiger partial charge in [-0.15, -0.1) is 0 Å². The van der Waals surface area contributed by atoms with Gasteiger partial charge in [-0.2, -0.15) is 5.26 Å². The number of nitriles is 1. The SMILES string of the molecule is Cc1cc(C)cc(N(CCC#N)C(=O)COc2ccc(C)nc2[N+](=O)[O-])c1. The molecule has 0 atom stereocenters. The van der Waals surface area contributed by atoms with E-state index in [0.717, 1.165) is 11.1 Å². The van der Waals surface area contributed by atoms with E-state index >= 15 is 0 Å². The Morgan fingerprint density at radius 2 is 1.93 bits per heavy atom. The summed E-state index contributed by atoms with van der Waals surface area (Å²) in [6.45, 7) is 5.27. The Labute approximate surface area is 157 Å². The van der Waals surface area contributed by atoms with Crippen LogP contribution >= 0.6 is 0 Å². The van der Waals surface area contributed by atoms with E-state index in [2.05, 4.69) is 4.98 Å². The van der Waals surface area contributed by atoms with Crippen LogP contribution in [0.2, 0.25) is 0 Å². The molecule has 1 heterocycles. The number of hydrogen-bond acceptors (Lipinski definition) is 6. The van der Waals surface area contributed by atoms with Gasteiger partial charge in [-0.05, 0) is 59.1 Å². The summed E-state index contributed by atoms with van der Waals surface area (Å²) < 4.78 is 5.38. The van der Waals surface area contributed by atoms with E-state index < -0.39 is 23.3 Å². The van der Waals surface area contributed by atoms with Crippen LogP contribution in [0.4, 0.5) is 11.5 Å². The summed E-state index contributed by atoms with van der Waals surface area (Å²) in [6.07, 6.45) is 0.158. The Morgan fingerprint density at radius 1 is 1.26 bits per heavy atom. The number of carbonyl (C=O) groups is 1. The summed E-state index contributed by atoms with van der Waals surface area (Å²) in [5, 5.41) is 20.0. The number of carbonyl (C=O) groups excluding carboxylic acids is 1. The first kappa shape index (κ1) is 19.8.